The summed E-state index contributed by atoms with van der Waals surface area (Å²) in [5.41, 5.74) is 0.996. The van der Waals surface area contributed by atoms with Gasteiger partial charge in [0.15, 0.2) is 5.11 Å². The molecular weight excluding hydrogens is 326 g/mol. The average Bonchev–Trinajstić information content (AvgIpc) is 3.31. The Kier molecular flexibility index (Phi) is 3.85. The number of hydrogen-bond acceptors (Lipinski definition) is 4. The maximum Gasteiger partial charge on any atom is 0.170 e. The smallest absolute Gasteiger partial charge is 0.170 e. The van der Waals surface area contributed by atoms with Crippen LogP contribution in [0.3, 0.4) is 0 Å². The molecule has 1 N–H and O–H groups in total. The molecule has 4 heterocycles. The lowest BCUT2D eigenvalue weighted by Crippen LogP contribution is -2.28. The van der Waals surface area contributed by atoms with Crippen LogP contribution in [0.25, 0.3) is 0 Å². The van der Waals surface area contributed by atoms with Crippen LogP contribution in [0.5, 0.6) is 0 Å². The molecule has 3 aromatic heterocycles. The van der Waals surface area contributed by atoms with Crippen LogP contribution in [0.1, 0.15) is 28.4 Å². The van der Waals surface area contributed by atoms with Gasteiger partial charge in [-0.1, -0.05) is 12.1 Å². The zero-order chi connectivity index (χ0) is 15.6. The van der Waals surface area contributed by atoms with Gasteiger partial charge in [-0.05, 0) is 47.9 Å². The highest BCUT2D eigenvalue weighted by atomic mass is 32.1. The fourth-order valence-corrected chi connectivity index (χ4v) is 4.09. The van der Waals surface area contributed by atoms with Crippen LogP contribution in [-0.2, 0) is 6.54 Å². The van der Waals surface area contributed by atoms with Crippen LogP contribution in [0.15, 0.2) is 64.7 Å². The molecule has 0 bridgehead atoms. The zero-order valence-corrected chi connectivity index (χ0v) is 13.9. The standard InChI is InChI=1S/C17H15N3OS2/c22-17-19-15(13-6-1-2-8-18-13)16(14-7-4-10-23-14)20(17)11-12-5-3-9-21-12/h1-10,15-16H,11H2,(H,19,22)/t15-,16-/m0/s1. The first kappa shape index (κ1) is 14.4. The minimum atomic E-state index is 0.0392. The Labute approximate surface area is 143 Å². The second-order valence-corrected chi connectivity index (χ2v) is 6.72. The number of pyridine rings is 1. The van der Waals surface area contributed by atoms with E-state index in [9.17, 15) is 0 Å². The Morgan fingerprint density at radius 2 is 2.17 bits per heavy atom. The van der Waals surface area contributed by atoms with Gasteiger partial charge < -0.3 is 14.6 Å². The van der Waals surface area contributed by atoms with Crippen molar-refractivity contribution >= 4 is 28.7 Å². The predicted octanol–water partition coefficient (Wildman–Crippen LogP) is 3.91. The van der Waals surface area contributed by atoms with Crippen LogP contribution in [0.2, 0.25) is 0 Å². The highest BCUT2D eigenvalue weighted by molar-refractivity contribution is 7.80. The molecule has 4 rings (SSSR count). The maximum absolute atomic E-state index is 5.59. The summed E-state index contributed by atoms with van der Waals surface area (Å²) in [5.74, 6) is 0.900. The van der Waals surface area contributed by atoms with E-state index < -0.39 is 0 Å². The van der Waals surface area contributed by atoms with Gasteiger partial charge in [0, 0.05) is 11.1 Å². The van der Waals surface area contributed by atoms with Gasteiger partial charge in [0.25, 0.3) is 0 Å². The molecule has 0 spiro atoms. The lowest BCUT2D eigenvalue weighted by Gasteiger charge is -2.25. The van der Waals surface area contributed by atoms with Crippen molar-refractivity contribution in [3.8, 4) is 0 Å². The molecule has 3 aromatic rings. The number of nitrogens with zero attached hydrogens (tertiary/aromatic N) is 2. The van der Waals surface area contributed by atoms with Crippen molar-refractivity contribution < 1.29 is 4.42 Å². The number of thiophene rings is 1. The summed E-state index contributed by atoms with van der Waals surface area (Å²) < 4.78 is 5.51. The topological polar surface area (TPSA) is 41.3 Å². The van der Waals surface area contributed by atoms with Crippen LogP contribution in [0, 0.1) is 0 Å². The third-order valence-electron chi connectivity index (χ3n) is 3.94. The molecule has 0 saturated carbocycles. The molecule has 6 heteroatoms. The summed E-state index contributed by atoms with van der Waals surface area (Å²) in [6.07, 6.45) is 3.51. The molecule has 1 fully saturated rings. The van der Waals surface area contributed by atoms with E-state index in [-0.39, 0.29) is 12.1 Å². The highest BCUT2D eigenvalue weighted by Crippen LogP contribution is 2.41. The molecule has 1 aliphatic rings. The first-order valence-electron chi connectivity index (χ1n) is 7.37. The fourth-order valence-electron chi connectivity index (χ4n) is 2.91. The van der Waals surface area contributed by atoms with E-state index >= 15 is 0 Å². The Balaban J connectivity index is 1.71. The van der Waals surface area contributed by atoms with Crippen LogP contribution in [-0.4, -0.2) is 15.0 Å². The Morgan fingerprint density at radius 1 is 1.22 bits per heavy atom. The van der Waals surface area contributed by atoms with Gasteiger partial charge in [0.2, 0.25) is 0 Å². The molecule has 4 nitrogen and oxygen atoms in total. The van der Waals surface area contributed by atoms with Gasteiger partial charge in [0.05, 0.1) is 30.6 Å². The second kappa shape index (κ2) is 6.14. The Hall–Kier alpha value is -2.18. The number of thiocarbonyl (C=S) groups is 1. The maximum atomic E-state index is 5.59. The van der Waals surface area contributed by atoms with Gasteiger partial charge >= 0.3 is 0 Å². The van der Waals surface area contributed by atoms with Crippen LogP contribution >= 0.6 is 23.6 Å². The Morgan fingerprint density at radius 3 is 2.87 bits per heavy atom. The Bertz CT molecular complexity index is 772. The number of hydrogen-bond donors (Lipinski definition) is 1. The summed E-state index contributed by atoms with van der Waals surface area (Å²) in [5, 5.41) is 6.26. The quantitative estimate of drug-likeness (QED) is 0.729. The molecule has 0 amide bonds. The van der Waals surface area contributed by atoms with E-state index in [1.165, 1.54) is 4.88 Å². The summed E-state index contributed by atoms with van der Waals surface area (Å²) in [7, 11) is 0. The minimum Gasteiger partial charge on any atom is -0.467 e. The van der Waals surface area contributed by atoms with E-state index in [0.29, 0.717) is 6.54 Å². The number of nitrogens with one attached hydrogen (secondary N) is 1. The molecule has 116 valence electrons. The van der Waals surface area contributed by atoms with Gasteiger partial charge in [-0.15, -0.1) is 11.3 Å². The van der Waals surface area contributed by atoms with Gasteiger partial charge in [-0.3, -0.25) is 4.98 Å². The van der Waals surface area contributed by atoms with Crippen molar-refractivity contribution in [3.05, 3.63) is 76.6 Å². The summed E-state index contributed by atoms with van der Waals surface area (Å²) in [6, 6.07) is 14.2. The highest BCUT2D eigenvalue weighted by Gasteiger charge is 2.40. The molecule has 0 aliphatic carbocycles. The number of rotatable bonds is 4. The van der Waals surface area contributed by atoms with E-state index in [0.717, 1.165) is 16.6 Å². The molecular formula is C17H15N3OS2. The molecule has 0 aromatic carbocycles. The van der Waals surface area contributed by atoms with E-state index in [2.05, 4.69) is 32.7 Å². The first-order chi connectivity index (χ1) is 11.3. The molecule has 2 atom stereocenters. The second-order valence-electron chi connectivity index (χ2n) is 5.35. The zero-order valence-electron chi connectivity index (χ0n) is 12.3. The van der Waals surface area contributed by atoms with Crippen molar-refractivity contribution in [1.82, 2.24) is 15.2 Å². The van der Waals surface area contributed by atoms with Gasteiger partial charge in [-0.25, -0.2) is 0 Å². The summed E-state index contributed by atoms with van der Waals surface area (Å²) in [6.45, 7) is 0.644. The monoisotopic (exact) mass is 341 g/mol. The molecule has 0 radical (unpaired) electrons. The van der Waals surface area contributed by atoms with Crippen LogP contribution in [0.4, 0.5) is 0 Å². The first-order valence-corrected chi connectivity index (χ1v) is 8.65. The minimum absolute atomic E-state index is 0.0392. The molecule has 0 unspecified atom stereocenters. The lowest BCUT2D eigenvalue weighted by molar-refractivity contribution is 0.291. The van der Waals surface area contributed by atoms with Crippen molar-refractivity contribution in [1.29, 1.82) is 0 Å². The molecule has 1 aliphatic heterocycles. The normalized spacial score (nSPS) is 20.7. The number of aromatic nitrogens is 1. The van der Waals surface area contributed by atoms with Gasteiger partial charge in [0.1, 0.15) is 5.76 Å². The molecule has 23 heavy (non-hydrogen) atoms. The third kappa shape index (κ3) is 2.75. The third-order valence-corrected chi connectivity index (χ3v) is 5.23. The van der Waals surface area contributed by atoms with Crippen molar-refractivity contribution in [3.63, 3.8) is 0 Å². The van der Waals surface area contributed by atoms with Crippen molar-refractivity contribution in [2.24, 2.45) is 0 Å². The fraction of sp³-hybridized carbons (Fsp3) is 0.176. The van der Waals surface area contributed by atoms with Gasteiger partial charge in [-0.2, -0.15) is 0 Å². The molecule has 1 saturated heterocycles. The summed E-state index contributed by atoms with van der Waals surface area (Å²) in [4.78, 5) is 7.96. The average molecular weight is 341 g/mol. The predicted molar refractivity (Wildman–Crippen MR) is 94.0 cm³/mol. The summed E-state index contributed by atoms with van der Waals surface area (Å²) >= 11 is 7.33. The van der Waals surface area contributed by atoms with E-state index in [4.69, 9.17) is 16.6 Å². The van der Waals surface area contributed by atoms with Crippen molar-refractivity contribution in [2.45, 2.75) is 18.6 Å². The largest absolute Gasteiger partial charge is 0.467 e. The SMILES string of the molecule is S=C1N[C@@H](c2ccccn2)[C@H](c2cccs2)N1Cc1ccco1. The number of furan rings is 1. The van der Waals surface area contributed by atoms with E-state index in [1.54, 1.807) is 17.6 Å². The van der Waals surface area contributed by atoms with Crippen molar-refractivity contribution in [2.75, 3.05) is 0 Å². The lowest BCUT2D eigenvalue weighted by atomic mass is 10.0. The van der Waals surface area contributed by atoms with Crippen LogP contribution < -0.4 is 5.32 Å². The van der Waals surface area contributed by atoms with E-state index in [1.807, 2.05) is 36.5 Å².